The maximum absolute atomic E-state index is 5.78. The molecule has 4 heteroatoms. The smallest absolute Gasteiger partial charge is 0.0834 e. The Morgan fingerprint density at radius 3 is 2.75 bits per heavy atom. The highest BCUT2D eigenvalue weighted by Gasteiger charge is 2.22. The van der Waals surface area contributed by atoms with Gasteiger partial charge in [0, 0.05) is 13.2 Å². The van der Waals surface area contributed by atoms with Crippen molar-refractivity contribution in [3.8, 4) is 0 Å². The zero-order valence-corrected chi connectivity index (χ0v) is 7.94. The molecular formula is C8H16ClNO2. The van der Waals surface area contributed by atoms with E-state index in [-0.39, 0.29) is 12.4 Å². The molecule has 12 heavy (non-hydrogen) atoms. The lowest BCUT2D eigenvalue weighted by molar-refractivity contribution is -0.00530. The molecule has 0 spiro atoms. The lowest BCUT2D eigenvalue weighted by Crippen LogP contribution is -2.24. The molecule has 0 amide bonds. The summed E-state index contributed by atoms with van der Waals surface area (Å²) in [5, 5.41) is 3.28. The van der Waals surface area contributed by atoms with Crippen LogP contribution in [-0.4, -0.2) is 38.5 Å². The molecule has 0 bridgehead atoms. The van der Waals surface area contributed by atoms with E-state index in [1.54, 1.807) is 0 Å². The summed E-state index contributed by atoms with van der Waals surface area (Å²) in [6.45, 7) is 3.82. The molecule has 0 aromatic heterocycles. The van der Waals surface area contributed by atoms with E-state index in [0.717, 1.165) is 39.1 Å². The Bertz CT molecular complexity index is 108. The standard InChI is InChI=1S/C8H15NO2.ClH/c1-3-9-5-7(1)11-8-2-4-10-6-8;/h7-9H,1-6H2;1H. The summed E-state index contributed by atoms with van der Waals surface area (Å²) >= 11 is 0. The van der Waals surface area contributed by atoms with Gasteiger partial charge in [0.05, 0.1) is 18.8 Å². The number of halogens is 1. The fourth-order valence-electron chi connectivity index (χ4n) is 1.64. The normalized spacial score (nSPS) is 35.0. The van der Waals surface area contributed by atoms with Gasteiger partial charge in [0.25, 0.3) is 0 Å². The highest BCUT2D eigenvalue weighted by Crippen LogP contribution is 2.13. The van der Waals surface area contributed by atoms with Crippen molar-refractivity contribution in [2.75, 3.05) is 26.3 Å². The Morgan fingerprint density at radius 1 is 1.25 bits per heavy atom. The van der Waals surface area contributed by atoms with Gasteiger partial charge in [-0.1, -0.05) is 0 Å². The third-order valence-electron chi connectivity index (χ3n) is 2.29. The van der Waals surface area contributed by atoms with Gasteiger partial charge in [0.15, 0.2) is 0 Å². The van der Waals surface area contributed by atoms with Gasteiger partial charge in [-0.15, -0.1) is 12.4 Å². The number of hydrogen-bond acceptors (Lipinski definition) is 3. The number of rotatable bonds is 2. The van der Waals surface area contributed by atoms with Crippen molar-refractivity contribution < 1.29 is 9.47 Å². The second-order valence-corrected chi connectivity index (χ2v) is 3.24. The number of hydrogen-bond donors (Lipinski definition) is 1. The van der Waals surface area contributed by atoms with E-state index in [1.807, 2.05) is 0 Å². The molecule has 1 N–H and O–H groups in total. The Morgan fingerprint density at radius 2 is 2.17 bits per heavy atom. The summed E-state index contributed by atoms with van der Waals surface area (Å²) in [6.07, 6.45) is 3.06. The second-order valence-electron chi connectivity index (χ2n) is 3.24. The van der Waals surface area contributed by atoms with Gasteiger partial charge >= 0.3 is 0 Å². The molecule has 2 unspecified atom stereocenters. The highest BCUT2D eigenvalue weighted by atomic mass is 35.5. The molecule has 2 rings (SSSR count). The monoisotopic (exact) mass is 193 g/mol. The SMILES string of the molecule is C1CC(OC2CCOC2)CN1.Cl. The molecule has 2 fully saturated rings. The van der Waals surface area contributed by atoms with Crippen molar-refractivity contribution >= 4 is 12.4 Å². The fraction of sp³-hybridized carbons (Fsp3) is 1.00. The average Bonchev–Trinajstić information content (AvgIpc) is 2.60. The van der Waals surface area contributed by atoms with E-state index < -0.39 is 0 Å². The zero-order valence-electron chi connectivity index (χ0n) is 7.12. The van der Waals surface area contributed by atoms with Gasteiger partial charge in [0.2, 0.25) is 0 Å². The third kappa shape index (κ3) is 2.59. The molecule has 2 aliphatic rings. The summed E-state index contributed by atoms with van der Waals surface area (Å²) in [7, 11) is 0. The topological polar surface area (TPSA) is 30.5 Å². The van der Waals surface area contributed by atoms with Gasteiger partial charge in [0.1, 0.15) is 0 Å². The molecule has 72 valence electrons. The van der Waals surface area contributed by atoms with Crippen LogP contribution >= 0.6 is 12.4 Å². The maximum Gasteiger partial charge on any atom is 0.0834 e. The van der Waals surface area contributed by atoms with Crippen LogP contribution in [0.1, 0.15) is 12.8 Å². The van der Waals surface area contributed by atoms with Crippen molar-refractivity contribution in [1.82, 2.24) is 5.32 Å². The van der Waals surface area contributed by atoms with Crippen LogP contribution in [-0.2, 0) is 9.47 Å². The van der Waals surface area contributed by atoms with E-state index in [0.29, 0.717) is 12.2 Å². The highest BCUT2D eigenvalue weighted by molar-refractivity contribution is 5.85. The molecule has 2 atom stereocenters. The first-order valence-corrected chi connectivity index (χ1v) is 4.39. The van der Waals surface area contributed by atoms with Gasteiger partial charge in [-0.05, 0) is 19.4 Å². The zero-order chi connectivity index (χ0) is 7.52. The van der Waals surface area contributed by atoms with E-state index in [1.165, 1.54) is 0 Å². The average molecular weight is 194 g/mol. The number of ether oxygens (including phenoxy) is 2. The molecule has 2 saturated heterocycles. The van der Waals surface area contributed by atoms with Gasteiger partial charge < -0.3 is 14.8 Å². The summed E-state index contributed by atoms with van der Waals surface area (Å²) < 4.78 is 11.0. The lowest BCUT2D eigenvalue weighted by Gasteiger charge is -2.14. The largest absolute Gasteiger partial charge is 0.379 e. The number of nitrogens with one attached hydrogen (secondary N) is 1. The minimum atomic E-state index is 0. The molecular weight excluding hydrogens is 178 g/mol. The van der Waals surface area contributed by atoms with Crippen LogP contribution in [0.15, 0.2) is 0 Å². The van der Waals surface area contributed by atoms with Crippen LogP contribution < -0.4 is 5.32 Å². The van der Waals surface area contributed by atoms with E-state index in [4.69, 9.17) is 9.47 Å². The van der Waals surface area contributed by atoms with Gasteiger partial charge in [-0.25, -0.2) is 0 Å². The van der Waals surface area contributed by atoms with E-state index in [9.17, 15) is 0 Å². The molecule has 2 aliphatic heterocycles. The van der Waals surface area contributed by atoms with Crippen LogP contribution in [0.5, 0.6) is 0 Å². The van der Waals surface area contributed by atoms with Crippen molar-refractivity contribution in [2.24, 2.45) is 0 Å². The van der Waals surface area contributed by atoms with E-state index in [2.05, 4.69) is 5.32 Å². The van der Waals surface area contributed by atoms with Crippen LogP contribution in [0.3, 0.4) is 0 Å². The van der Waals surface area contributed by atoms with Crippen LogP contribution in [0, 0.1) is 0 Å². The molecule has 3 nitrogen and oxygen atoms in total. The summed E-state index contributed by atoms with van der Waals surface area (Å²) in [5.74, 6) is 0. The minimum Gasteiger partial charge on any atom is -0.379 e. The predicted molar refractivity (Wildman–Crippen MR) is 48.8 cm³/mol. The van der Waals surface area contributed by atoms with Gasteiger partial charge in [-0.2, -0.15) is 0 Å². The Kier molecular flexibility index (Phi) is 4.29. The first kappa shape index (κ1) is 10.3. The maximum atomic E-state index is 5.78. The summed E-state index contributed by atoms with van der Waals surface area (Å²) in [4.78, 5) is 0. The fourth-order valence-corrected chi connectivity index (χ4v) is 1.64. The molecule has 0 saturated carbocycles. The molecule has 2 heterocycles. The van der Waals surface area contributed by atoms with Crippen LogP contribution in [0.4, 0.5) is 0 Å². The lowest BCUT2D eigenvalue weighted by atomic mass is 10.3. The van der Waals surface area contributed by atoms with Crippen LogP contribution in [0.2, 0.25) is 0 Å². The Balaban J connectivity index is 0.000000720. The third-order valence-corrected chi connectivity index (χ3v) is 2.29. The quantitative estimate of drug-likeness (QED) is 0.696. The molecule has 0 aromatic carbocycles. The van der Waals surface area contributed by atoms with E-state index >= 15 is 0 Å². The summed E-state index contributed by atoms with van der Waals surface area (Å²) in [5.41, 5.74) is 0. The van der Waals surface area contributed by atoms with Crippen molar-refractivity contribution in [1.29, 1.82) is 0 Å². The molecule has 0 aliphatic carbocycles. The second kappa shape index (κ2) is 5.02. The summed E-state index contributed by atoms with van der Waals surface area (Å²) in [6, 6.07) is 0. The molecule has 0 radical (unpaired) electrons. The van der Waals surface area contributed by atoms with Crippen molar-refractivity contribution in [3.63, 3.8) is 0 Å². The van der Waals surface area contributed by atoms with Crippen molar-refractivity contribution in [3.05, 3.63) is 0 Å². The molecule has 0 aromatic rings. The Hall–Kier alpha value is 0.170. The first-order chi connectivity index (χ1) is 5.45. The van der Waals surface area contributed by atoms with Crippen LogP contribution in [0.25, 0.3) is 0 Å². The van der Waals surface area contributed by atoms with Crippen molar-refractivity contribution in [2.45, 2.75) is 25.0 Å². The first-order valence-electron chi connectivity index (χ1n) is 4.39. The van der Waals surface area contributed by atoms with Gasteiger partial charge in [-0.3, -0.25) is 0 Å². The minimum absolute atomic E-state index is 0. The predicted octanol–water partition coefficient (Wildman–Crippen LogP) is 0.576. The Labute approximate surface area is 79.2 Å².